The van der Waals surface area contributed by atoms with E-state index in [9.17, 15) is 18.3 Å². The van der Waals surface area contributed by atoms with Crippen molar-refractivity contribution in [2.75, 3.05) is 27.3 Å². The molecule has 1 atom stereocenters. The molecule has 1 rings (SSSR count). The van der Waals surface area contributed by atoms with E-state index < -0.39 is 23.8 Å². The highest BCUT2D eigenvalue weighted by molar-refractivity contribution is 5.66. The van der Waals surface area contributed by atoms with Gasteiger partial charge in [-0.05, 0) is 32.4 Å². The standard InChI is InChI=1S/C18H26F3N3O3/c1-6-24(4)12-22-15-11-16(26-5)14(10-13(15)3)17(25,18(19,20)21)8-9-23-27-7-2/h9-12,25H,6-8H2,1-5H3/b22-12?,23-9-. The van der Waals surface area contributed by atoms with Crippen molar-refractivity contribution >= 4 is 18.2 Å². The molecule has 0 aromatic heterocycles. The largest absolute Gasteiger partial charge is 0.496 e. The van der Waals surface area contributed by atoms with Crippen LogP contribution in [0.5, 0.6) is 5.75 Å². The van der Waals surface area contributed by atoms with Crippen LogP contribution in [0.1, 0.15) is 31.4 Å². The molecule has 6 nitrogen and oxygen atoms in total. The van der Waals surface area contributed by atoms with Crippen LogP contribution in [0.15, 0.2) is 22.3 Å². The van der Waals surface area contributed by atoms with Gasteiger partial charge in [0.05, 0.1) is 19.1 Å². The molecule has 27 heavy (non-hydrogen) atoms. The van der Waals surface area contributed by atoms with E-state index in [2.05, 4.69) is 15.0 Å². The molecule has 0 bridgehead atoms. The fourth-order valence-corrected chi connectivity index (χ4v) is 2.23. The van der Waals surface area contributed by atoms with Crippen LogP contribution in [-0.4, -0.2) is 56.0 Å². The second-order valence-electron chi connectivity index (χ2n) is 5.92. The maximum absolute atomic E-state index is 13.7. The van der Waals surface area contributed by atoms with Gasteiger partial charge in [0.1, 0.15) is 12.4 Å². The van der Waals surface area contributed by atoms with E-state index in [1.807, 2.05) is 18.9 Å². The lowest BCUT2D eigenvalue weighted by atomic mass is 9.88. The molecule has 1 N–H and O–H groups in total. The van der Waals surface area contributed by atoms with E-state index in [0.717, 1.165) is 12.8 Å². The van der Waals surface area contributed by atoms with Crippen molar-refractivity contribution in [2.45, 2.75) is 39.0 Å². The van der Waals surface area contributed by atoms with Gasteiger partial charge >= 0.3 is 6.18 Å². The number of hydrogen-bond donors (Lipinski definition) is 1. The first-order valence-electron chi connectivity index (χ1n) is 8.47. The van der Waals surface area contributed by atoms with E-state index >= 15 is 0 Å². The monoisotopic (exact) mass is 389 g/mol. The Morgan fingerprint density at radius 3 is 2.44 bits per heavy atom. The Hall–Kier alpha value is -2.29. The number of aliphatic hydroxyl groups is 1. The van der Waals surface area contributed by atoms with Crippen molar-refractivity contribution in [3.05, 3.63) is 23.3 Å². The van der Waals surface area contributed by atoms with Crippen LogP contribution in [0.4, 0.5) is 18.9 Å². The fraction of sp³-hybridized carbons (Fsp3) is 0.556. The summed E-state index contributed by atoms with van der Waals surface area (Å²) < 4.78 is 46.2. The number of rotatable bonds is 9. The van der Waals surface area contributed by atoms with Crippen molar-refractivity contribution in [1.29, 1.82) is 0 Å². The van der Waals surface area contributed by atoms with Crippen molar-refractivity contribution in [3.8, 4) is 5.75 Å². The molecule has 0 amide bonds. The normalized spacial score (nSPS) is 14.6. The lowest BCUT2D eigenvalue weighted by Gasteiger charge is -2.31. The van der Waals surface area contributed by atoms with E-state index in [1.165, 1.54) is 19.2 Å². The van der Waals surface area contributed by atoms with Gasteiger partial charge in [-0.2, -0.15) is 13.2 Å². The zero-order valence-electron chi connectivity index (χ0n) is 16.2. The Bertz CT molecular complexity index is 678. The number of halogens is 3. The highest BCUT2D eigenvalue weighted by Gasteiger charge is 2.56. The molecule has 1 aromatic carbocycles. The minimum Gasteiger partial charge on any atom is -0.496 e. The third-order valence-electron chi connectivity index (χ3n) is 3.99. The molecule has 0 spiro atoms. The van der Waals surface area contributed by atoms with Crippen LogP contribution in [-0.2, 0) is 10.4 Å². The number of alkyl halides is 3. The molecule has 0 fully saturated rings. The molecule has 0 saturated carbocycles. The first-order valence-corrected chi connectivity index (χ1v) is 8.47. The average molecular weight is 389 g/mol. The zero-order valence-corrected chi connectivity index (χ0v) is 16.2. The molecular formula is C18H26F3N3O3. The Kier molecular flexibility index (Phi) is 8.08. The molecule has 152 valence electrons. The molecule has 0 heterocycles. The predicted molar refractivity (Wildman–Crippen MR) is 98.9 cm³/mol. The molecule has 1 aromatic rings. The van der Waals surface area contributed by atoms with E-state index in [-0.39, 0.29) is 12.4 Å². The molecule has 0 saturated heterocycles. The van der Waals surface area contributed by atoms with Gasteiger partial charge in [-0.25, -0.2) is 4.99 Å². The second-order valence-corrected chi connectivity index (χ2v) is 5.92. The molecule has 0 radical (unpaired) electrons. The van der Waals surface area contributed by atoms with Gasteiger partial charge in [-0.3, -0.25) is 0 Å². The molecular weight excluding hydrogens is 363 g/mol. The quantitative estimate of drug-likeness (QED) is 0.397. The van der Waals surface area contributed by atoms with Gasteiger partial charge in [0.15, 0.2) is 5.60 Å². The highest BCUT2D eigenvalue weighted by atomic mass is 19.4. The highest BCUT2D eigenvalue weighted by Crippen LogP contribution is 2.46. The number of ether oxygens (including phenoxy) is 1. The van der Waals surface area contributed by atoms with Gasteiger partial charge in [0, 0.05) is 37.9 Å². The van der Waals surface area contributed by atoms with Crippen LogP contribution >= 0.6 is 0 Å². The van der Waals surface area contributed by atoms with Crippen molar-refractivity contribution < 1.29 is 27.9 Å². The molecule has 0 aliphatic rings. The van der Waals surface area contributed by atoms with Gasteiger partial charge in [0.25, 0.3) is 0 Å². The Labute approximate surface area is 157 Å². The lowest BCUT2D eigenvalue weighted by molar-refractivity contribution is -0.263. The Morgan fingerprint density at radius 2 is 1.93 bits per heavy atom. The summed E-state index contributed by atoms with van der Waals surface area (Å²) in [5.74, 6) is -0.114. The summed E-state index contributed by atoms with van der Waals surface area (Å²) in [6, 6.07) is 2.61. The van der Waals surface area contributed by atoms with E-state index in [1.54, 1.807) is 20.2 Å². The average Bonchev–Trinajstić information content (AvgIpc) is 2.62. The van der Waals surface area contributed by atoms with Crippen LogP contribution in [0.3, 0.4) is 0 Å². The van der Waals surface area contributed by atoms with Gasteiger partial charge < -0.3 is 19.6 Å². The van der Waals surface area contributed by atoms with Crippen LogP contribution in [0.25, 0.3) is 0 Å². The molecule has 0 aliphatic carbocycles. The smallest absolute Gasteiger partial charge is 0.421 e. The number of aliphatic imine (C=N–C) groups is 1. The Balaban J connectivity index is 3.41. The number of hydrogen-bond acceptors (Lipinski definition) is 5. The third kappa shape index (κ3) is 5.59. The summed E-state index contributed by atoms with van der Waals surface area (Å²) in [5, 5.41) is 13.9. The van der Waals surface area contributed by atoms with Crippen LogP contribution in [0.2, 0.25) is 0 Å². The van der Waals surface area contributed by atoms with Gasteiger partial charge in [0.2, 0.25) is 0 Å². The number of methoxy groups -OCH3 is 1. The predicted octanol–water partition coefficient (Wildman–Crippen LogP) is 3.78. The fourth-order valence-electron chi connectivity index (χ4n) is 2.23. The van der Waals surface area contributed by atoms with Crippen molar-refractivity contribution in [1.82, 2.24) is 4.90 Å². The summed E-state index contributed by atoms with van der Waals surface area (Å²) >= 11 is 0. The topological polar surface area (TPSA) is 66.7 Å². The molecule has 0 aliphatic heterocycles. The summed E-state index contributed by atoms with van der Waals surface area (Å²) in [7, 11) is 3.06. The first-order chi connectivity index (χ1) is 12.6. The lowest BCUT2D eigenvalue weighted by Crippen LogP contribution is -2.43. The summed E-state index contributed by atoms with van der Waals surface area (Å²) in [4.78, 5) is 10.8. The number of nitrogens with zero attached hydrogens (tertiary/aromatic N) is 3. The first kappa shape index (κ1) is 22.8. The summed E-state index contributed by atoms with van der Waals surface area (Å²) in [6.45, 7) is 6.14. The minimum atomic E-state index is -4.95. The van der Waals surface area contributed by atoms with Crippen molar-refractivity contribution in [3.63, 3.8) is 0 Å². The molecule has 9 heteroatoms. The maximum Gasteiger partial charge on any atom is 0.421 e. The van der Waals surface area contributed by atoms with Crippen LogP contribution in [0, 0.1) is 6.92 Å². The van der Waals surface area contributed by atoms with Gasteiger partial charge in [-0.1, -0.05) is 5.16 Å². The minimum absolute atomic E-state index is 0.114. The summed E-state index contributed by atoms with van der Waals surface area (Å²) in [5.41, 5.74) is -2.66. The SMILES string of the molecule is CCO/N=C\CC(O)(c1cc(C)c(N=CN(C)CC)cc1OC)C(F)(F)F. The third-order valence-corrected chi connectivity index (χ3v) is 3.99. The van der Waals surface area contributed by atoms with Gasteiger partial charge in [-0.15, -0.1) is 0 Å². The number of oxime groups is 1. The second kappa shape index (κ2) is 9.59. The summed E-state index contributed by atoms with van der Waals surface area (Å²) in [6.07, 6.45) is -3.29. The van der Waals surface area contributed by atoms with Crippen molar-refractivity contribution in [2.24, 2.45) is 10.1 Å². The maximum atomic E-state index is 13.7. The van der Waals surface area contributed by atoms with Crippen LogP contribution < -0.4 is 4.74 Å². The zero-order chi connectivity index (χ0) is 20.7. The number of benzene rings is 1. The number of aryl methyl sites for hydroxylation is 1. The Morgan fingerprint density at radius 1 is 1.26 bits per heavy atom. The van der Waals surface area contributed by atoms with E-state index in [0.29, 0.717) is 11.3 Å². The van der Waals surface area contributed by atoms with E-state index in [4.69, 9.17) is 4.74 Å². The molecule has 1 unspecified atom stereocenters.